The van der Waals surface area contributed by atoms with Crippen molar-refractivity contribution in [1.82, 2.24) is 15.3 Å². The van der Waals surface area contributed by atoms with Crippen LogP contribution in [0.25, 0.3) is 0 Å². The summed E-state index contributed by atoms with van der Waals surface area (Å²) < 4.78 is 4.95. The van der Waals surface area contributed by atoms with Crippen molar-refractivity contribution in [3.8, 4) is 0 Å². The normalized spacial score (nSPS) is 10.0. The van der Waals surface area contributed by atoms with Gasteiger partial charge < -0.3 is 10.1 Å². The van der Waals surface area contributed by atoms with E-state index in [-0.39, 0.29) is 17.5 Å². The van der Waals surface area contributed by atoms with Crippen LogP contribution < -0.4 is 5.32 Å². The topological polar surface area (TPSA) is 81.2 Å². The van der Waals surface area contributed by atoms with Gasteiger partial charge in [-0.25, -0.2) is 14.8 Å². The average molecular weight is 223 g/mol. The van der Waals surface area contributed by atoms with Gasteiger partial charge in [0.05, 0.1) is 6.10 Å². The summed E-state index contributed by atoms with van der Waals surface area (Å²) in [5.41, 5.74) is -0.105. The number of esters is 1. The van der Waals surface area contributed by atoms with E-state index >= 15 is 0 Å². The first kappa shape index (κ1) is 12.1. The highest BCUT2D eigenvalue weighted by molar-refractivity contribution is 6.02. The molecule has 1 aromatic heterocycles. The second kappa shape index (κ2) is 5.20. The maximum absolute atomic E-state index is 11.6. The van der Waals surface area contributed by atoms with Gasteiger partial charge in [0.1, 0.15) is 0 Å². The second-order valence-corrected chi connectivity index (χ2v) is 3.29. The highest BCUT2D eigenvalue weighted by atomic mass is 16.5. The van der Waals surface area contributed by atoms with Gasteiger partial charge in [0.25, 0.3) is 5.91 Å². The van der Waals surface area contributed by atoms with Gasteiger partial charge in [-0.15, -0.1) is 0 Å². The molecule has 0 radical (unpaired) electrons. The van der Waals surface area contributed by atoms with Crippen molar-refractivity contribution in [2.45, 2.75) is 20.0 Å². The van der Waals surface area contributed by atoms with E-state index in [1.54, 1.807) is 13.8 Å². The zero-order valence-corrected chi connectivity index (χ0v) is 9.35. The Bertz CT molecular complexity index is 404. The van der Waals surface area contributed by atoms with Gasteiger partial charge >= 0.3 is 5.97 Å². The molecule has 1 aromatic rings. The minimum absolute atomic E-state index is 0.0318. The highest BCUT2D eigenvalue weighted by Crippen LogP contribution is 2.05. The molecule has 1 rings (SSSR count). The summed E-state index contributed by atoms with van der Waals surface area (Å²) in [5.74, 6) is -1.12. The van der Waals surface area contributed by atoms with Crippen molar-refractivity contribution in [1.29, 1.82) is 0 Å². The van der Waals surface area contributed by atoms with Crippen LogP contribution in [0.4, 0.5) is 0 Å². The molecule has 0 bridgehead atoms. The molecular weight excluding hydrogens is 210 g/mol. The summed E-state index contributed by atoms with van der Waals surface area (Å²) in [5, 5.41) is 2.38. The number of aromatic nitrogens is 2. The molecule has 0 spiro atoms. The predicted molar refractivity (Wildman–Crippen MR) is 56.0 cm³/mol. The van der Waals surface area contributed by atoms with Crippen LogP contribution in [0.5, 0.6) is 0 Å². The first-order valence-corrected chi connectivity index (χ1v) is 4.80. The first-order chi connectivity index (χ1) is 7.56. The van der Waals surface area contributed by atoms with Gasteiger partial charge in [0, 0.05) is 19.4 Å². The van der Waals surface area contributed by atoms with Crippen molar-refractivity contribution in [3.63, 3.8) is 0 Å². The molecule has 0 aliphatic carbocycles. The fourth-order valence-electron chi connectivity index (χ4n) is 1.04. The number of ether oxygens (including phenoxy) is 1. The minimum Gasteiger partial charge on any atom is -0.458 e. The van der Waals surface area contributed by atoms with E-state index in [2.05, 4.69) is 15.3 Å². The van der Waals surface area contributed by atoms with Crippen molar-refractivity contribution in [2.75, 3.05) is 7.05 Å². The lowest BCUT2D eigenvalue weighted by Gasteiger charge is -2.08. The number of carbonyl (C=O) groups excluding carboxylic acids is 2. The summed E-state index contributed by atoms with van der Waals surface area (Å²) in [4.78, 5) is 30.6. The molecule has 16 heavy (non-hydrogen) atoms. The Morgan fingerprint density at radius 3 is 2.31 bits per heavy atom. The van der Waals surface area contributed by atoms with Gasteiger partial charge in [-0.3, -0.25) is 4.79 Å². The molecule has 0 aromatic carbocycles. The highest BCUT2D eigenvalue weighted by Gasteiger charge is 2.20. The van der Waals surface area contributed by atoms with Crippen molar-refractivity contribution >= 4 is 11.9 Å². The summed E-state index contributed by atoms with van der Waals surface area (Å²) in [6.07, 6.45) is 2.41. The maximum Gasteiger partial charge on any atom is 0.359 e. The zero-order valence-electron chi connectivity index (χ0n) is 9.35. The van der Waals surface area contributed by atoms with Crippen LogP contribution in [-0.2, 0) is 4.74 Å². The standard InChI is InChI=1S/C10H13N3O3/c1-6(2)16-10(15)8-7(9(14)11-3)12-4-5-13-8/h4-6H,1-3H3,(H,11,14). The van der Waals surface area contributed by atoms with E-state index < -0.39 is 11.9 Å². The fraction of sp³-hybridized carbons (Fsp3) is 0.400. The summed E-state index contributed by atoms with van der Waals surface area (Å²) >= 11 is 0. The SMILES string of the molecule is CNC(=O)c1nccnc1C(=O)OC(C)C. The van der Waals surface area contributed by atoms with Gasteiger partial charge in [0.15, 0.2) is 11.4 Å². The summed E-state index contributed by atoms with van der Waals surface area (Å²) in [7, 11) is 1.45. The molecule has 0 atom stereocenters. The molecule has 86 valence electrons. The Hall–Kier alpha value is -1.98. The molecule has 0 fully saturated rings. The quantitative estimate of drug-likeness (QED) is 0.750. The summed E-state index contributed by atoms with van der Waals surface area (Å²) in [6, 6.07) is 0. The van der Waals surface area contributed by atoms with E-state index in [1.165, 1.54) is 19.4 Å². The van der Waals surface area contributed by atoms with Gasteiger partial charge in [-0.1, -0.05) is 0 Å². The van der Waals surface area contributed by atoms with Crippen molar-refractivity contribution < 1.29 is 14.3 Å². The van der Waals surface area contributed by atoms with E-state index in [0.29, 0.717) is 0 Å². The largest absolute Gasteiger partial charge is 0.458 e. The van der Waals surface area contributed by atoms with Crippen LogP contribution >= 0.6 is 0 Å². The third-order valence-electron chi connectivity index (χ3n) is 1.68. The number of hydrogen-bond acceptors (Lipinski definition) is 5. The number of nitrogens with one attached hydrogen (secondary N) is 1. The Morgan fingerprint density at radius 1 is 1.25 bits per heavy atom. The third-order valence-corrected chi connectivity index (χ3v) is 1.68. The lowest BCUT2D eigenvalue weighted by Crippen LogP contribution is -2.25. The molecule has 0 saturated carbocycles. The Morgan fingerprint density at radius 2 is 1.81 bits per heavy atom. The molecule has 1 heterocycles. The van der Waals surface area contributed by atoms with Crippen molar-refractivity contribution in [3.05, 3.63) is 23.8 Å². The van der Waals surface area contributed by atoms with E-state index in [4.69, 9.17) is 4.74 Å². The van der Waals surface area contributed by atoms with Crippen LogP contribution in [0.2, 0.25) is 0 Å². The first-order valence-electron chi connectivity index (χ1n) is 4.80. The van der Waals surface area contributed by atoms with Gasteiger partial charge in [-0.2, -0.15) is 0 Å². The maximum atomic E-state index is 11.6. The number of hydrogen-bond donors (Lipinski definition) is 1. The number of rotatable bonds is 3. The second-order valence-electron chi connectivity index (χ2n) is 3.29. The fourth-order valence-corrected chi connectivity index (χ4v) is 1.04. The van der Waals surface area contributed by atoms with Crippen LogP contribution in [0.1, 0.15) is 34.8 Å². The monoisotopic (exact) mass is 223 g/mol. The Kier molecular flexibility index (Phi) is 3.93. The lowest BCUT2D eigenvalue weighted by atomic mass is 10.3. The van der Waals surface area contributed by atoms with Crippen LogP contribution in [0.15, 0.2) is 12.4 Å². The molecule has 6 heteroatoms. The Balaban J connectivity index is 3.03. The minimum atomic E-state index is -0.651. The summed E-state index contributed by atoms with van der Waals surface area (Å²) in [6.45, 7) is 3.43. The number of amides is 1. The smallest absolute Gasteiger partial charge is 0.359 e. The van der Waals surface area contributed by atoms with Crippen LogP contribution in [0, 0.1) is 0 Å². The molecule has 0 aliphatic heterocycles. The zero-order chi connectivity index (χ0) is 12.1. The number of carbonyl (C=O) groups is 2. The van der Waals surface area contributed by atoms with Crippen LogP contribution in [0.3, 0.4) is 0 Å². The Labute approximate surface area is 93.0 Å². The van der Waals surface area contributed by atoms with Gasteiger partial charge in [-0.05, 0) is 13.8 Å². The lowest BCUT2D eigenvalue weighted by molar-refractivity contribution is 0.0367. The van der Waals surface area contributed by atoms with E-state index in [1.807, 2.05) is 0 Å². The molecule has 6 nitrogen and oxygen atoms in total. The van der Waals surface area contributed by atoms with Crippen molar-refractivity contribution in [2.24, 2.45) is 0 Å². The molecule has 1 amide bonds. The molecule has 0 saturated heterocycles. The molecule has 0 unspecified atom stereocenters. The van der Waals surface area contributed by atoms with E-state index in [9.17, 15) is 9.59 Å². The number of nitrogens with zero attached hydrogens (tertiary/aromatic N) is 2. The van der Waals surface area contributed by atoms with Gasteiger partial charge in [0.2, 0.25) is 0 Å². The molecule has 0 aliphatic rings. The average Bonchev–Trinajstić information content (AvgIpc) is 2.27. The molecule has 1 N–H and O–H groups in total. The third kappa shape index (κ3) is 2.75. The molecular formula is C10H13N3O3. The predicted octanol–water partition coefficient (Wildman–Crippen LogP) is 0.401. The van der Waals surface area contributed by atoms with Crippen LogP contribution in [-0.4, -0.2) is 35.0 Å². The van der Waals surface area contributed by atoms with E-state index in [0.717, 1.165) is 0 Å².